The molecule has 0 saturated carbocycles. The number of hydrogen-bond acceptors (Lipinski definition) is 5. The highest BCUT2D eigenvalue weighted by Crippen LogP contribution is 2.14. The number of nitrogens with zero attached hydrogens (tertiary/aromatic N) is 2. The van der Waals surface area contributed by atoms with Crippen LogP contribution in [-0.2, 0) is 20.9 Å². The lowest BCUT2D eigenvalue weighted by Gasteiger charge is -2.20. The van der Waals surface area contributed by atoms with Crippen molar-refractivity contribution in [3.05, 3.63) is 11.4 Å². The SMILES string of the molecule is Cc1nn(CC(=O)OCC(=O)NC(C)(C)C)c(C)c1N. The van der Waals surface area contributed by atoms with Crippen molar-refractivity contribution < 1.29 is 14.3 Å². The van der Waals surface area contributed by atoms with Crippen LogP contribution in [0.1, 0.15) is 32.2 Å². The van der Waals surface area contributed by atoms with Crippen molar-refractivity contribution in [1.29, 1.82) is 0 Å². The molecule has 1 rings (SSSR count). The summed E-state index contributed by atoms with van der Waals surface area (Å²) in [6, 6.07) is 0. The Morgan fingerprint density at radius 3 is 2.40 bits per heavy atom. The third-order valence-corrected chi connectivity index (χ3v) is 2.59. The number of nitrogens with one attached hydrogen (secondary N) is 1. The number of nitrogen functional groups attached to an aromatic ring is 1. The van der Waals surface area contributed by atoms with Crippen LogP contribution in [0.3, 0.4) is 0 Å². The maximum atomic E-state index is 11.7. The highest BCUT2D eigenvalue weighted by molar-refractivity contribution is 5.81. The smallest absolute Gasteiger partial charge is 0.328 e. The molecule has 1 aromatic heterocycles. The molecule has 0 atom stereocenters. The highest BCUT2D eigenvalue weighted by Gasteiger charge is 2.16. The summed E-state index contributed by atoms with van der Waals surface area (Å²) in [5, 5.41) is 6.83. The minimum Gasteiger partial charge on any atom is -0.454 e. The summed E-state index contributed by atoms with van der Waals surface area (Å²) in [5.74, 6) is -0.863. The normalized spacial score (nSPS) is 11.2. The number of aromatic nitrogens is 2. The van der Waals surface area contributed by atoms with Gasteiger partial charge in [0.15, 0.2) is 6.61 Å². The molecule has 0 radical (unpaired) electrons. The van der Waals surface area contributed by atoms with Crippen LogP contribution in [0.4, 0.5) is 5.69 Å². The number of hydrogen-bond donors (Lipinski definition) is 2. The number of anilines is 1. The largest absolute Gasteiger partial charge is 0.454 e. The molecule has 0 unspecified atom stereocenters. The molecule has 0 saturated heterocycles. The fraction of sp³-hybridized carbons (Fsp3) is 0.615. The van der Waals surface area contributed by atoms with E-state index < -0.39 is 5.97 Å². The van der Waals surface area contributed by atoms with E-state index in [1.165, 1.54) is 4.68 Å². The Kier molecular flexibility index (Phi) is 4.75. The van der Waals surface area contributed by atoms with Gasteiger partial charge in [-0.25, -0.2) is 0 Å². The summed E-state index contributed by atoms with van der Waals surface area (Å²) in [6.45, 7) is 8.73. The molecular formula is C13H22N4O3. The zero-order valence-corrected chi connectivity index (χ0v) is 12.6. The van der Waals surface area contributed by atoms with Gasteiger partial charge in [-0.05, 0) is 34.6 Å². The maximum absolute atomic E-state index is 11.7. The maximum Gasteiger partial charge on any atom is 0.328 e. The number of esters is 1. The molecule has 0 fully saturated rings. The first-order valence-corrected chi connectivity index (χ1v) is 6.36. The first kappa shape index (κ1) is 16.0. The first-order chi connectivity index (χ1) is 9.10. The van der Waals surface area contributed by atoms with E-state index in [9.17, 15) is 9.59 Å². The van der Waals surface area contributed by atoms with Crippen molar-refractivity contribution in [1.82, 2.24) is 15.1 Å². The summed E-state index contributed by atoms with van der Waals surface area (Å²) >= 11 is 0. The molecule has 7 nitrogen and oxygen atoms in total. The molecule has 3 N–H and O–H groups in total. The van der Waals surface area contributed by atoms with Crippen LogP contribution >= 0.6 is 0 Å². The van der Waals surface area contributed by atoms with Gasteiger partial charge in [0.1, 0.15) is 6.54 Å². The molecule has 0 aliphatic rings. The van der Waals surface area contributed by atoms with Crippen LogP contribution in [0.25, 0.3) is 0 Å². The second-order valence-electron chi connectivity index (χ2n) is 5.70. The summed E-state index contributed by atoms with van der Waals surface area (Å²) in [4.78, 5) is 23.2. The van der Waals surface area contributed by atoms with Gasteiger partial charge in [0.25, 0.3) is 5.91 Å². The lowest BCUT2D eigenvalue weighted by molar-refractivity contribution is -0.149. The van der Waals surface area contributed by atoms with Gasteiger partial charge < -0.3 is 15.8 Å². The summed E-state index contributed by atoms with van der Waals surface area (Å²) in [7, 11) is 0. The van der Waals surface area contributed by atoms with Crippen LogP contribution in [0.15, 0.2) is 0 Å². The Balaban J connectivity index is 2.48. The summed E-state index contributed by atoms with van der Waals surface area (Å²) in [5.41, 5.74) is 7.35. The van der Waals surface area contributed by atoms with Crippen molar-refractivity contribution >= 4 is 17.6 Å². The molecule has 0 spiro atoms. The van der Waals surface area contributed by atoms with Crippen molar-refractivity contribution in [2.75, 3.05) is 12.3 Å². The average molecular weight is 282 g/mol. The molecule has 1 aromatic rings. The molecule has 20 heavy (non-hydrogen) atoms. The Hall–Kier alpha value is -2.05. The van der Waals surface area contributed by atoms with Gasteiger partial charge in [-0.2, -0.15) is 5.10 Å². The minimum atomic E-state index is -0.528. The van der Waals surface area contributed by atoms with Gasteiger partial charge in [0, 0.05) is 5.54 Å². The predicted octanol–water partition coefficient (Wildman–Crippen LogP) is 0.540. The van der Waals surface area contributed by atoms with Crippen LogP contribution in [0.5, 0.6) is 0 Å². The molecule has 0 aliphatic carbocycles. The molecule has 1 amide bonds. The summed E-state index contributed by atoms with van der Waals surface area (Å²) < 4.78 is 6.37. The Morgan fingerprint density at radius 2 is 1.95 bits per heavy atom. The fourth-order valence-electron chi connectivity index (χ4n) is 1.63. The predicted molar refractivity (Wildman–Crippen MR) is 75.0 cm³/mol. The molecular weight excluding hydrogens is 260 g/mol. The molecule has 0 aromatic carbocycles. The van der Waals surface area contributed by atoms with Crippen molar-refractivity contribution in [2.24, 2.45) is 0 Å². The van der Waals surface area contributed by atoms with E-state index in [0.29, 0.717) is 17.1 Å². The lowest BCUT2D eigenvalue weighted by atomic mass is 10.1. The van der Waals surface area contributed by atoms with Crippen LogP contribution in [0.2, 0.25) is 0 Å². The second-order valence-corrected chi connectivity index (χ2v) is 5.70. The molecule has 0 bridgehead atoms. The number of carbonyl (C=O) groups excluding carboxylic acids is 2. The van der Waals surface area contributed by atoms with E-state index in [1.54, 1.807) is 13.8 Å². The Bertz CT molecular complexity index is 514. The molecule has 7 heteroatoms. The number of rotatable bonds is 4. The minimum absolute atomic E-state index is 0.0628. The van der Waals surface area contributed by atoms with Gasteiger partial charge in [-0.15, -0.1) is 0 Å². The van der Waals surface area contributed by atoms with Crippen LogP contribution in [-0.4, -0.2) is 33.8 Å². The van der Waals surface area contributed by atoms with E-state index >= 15 is 0 Å². The zero-order valence-electron chi connectivity index (χ0n) is 12.6. The quantitative estimate of drug-likeness (QED) is 0.785. The molecule has 112 valence electrons. The Morgan fingerprint density at radius 1 is 1.35 bits per heavy atom. The third-order valence-electron chi connectivity index (χ3n) is 2.59. The standard InChI is InChI=1S/C13H22N4O3/c1-8-12(14)9(2)17(16-8)6-11(19)20-7-10(18)15-13(3,4)5/h6-7,14H2,1-5H3,(H,15,18). The fourth-order valence-corrected chi connectivity index (χ4v) is 1.63. The van der Waals surface area contributed by atoms with Gasteiger partial charge >= 0.3 is 5.97 Å². The first-order valence-electron chi connectivity index (χ1n) is 6.36. The van der Waals surface area contributed by atoms with Crippen LogP contribution < -0.4 is 11.1 Å². The van der Waals surface area contributed by atoms with Gasteiger partial charge in [0.05, 0.1) is 17.1 Å². The average Bonchev–Trinajstić information content (AvgIpc) is 2.52. The number of aryl methyl sites for hydroxylation is 1. The highest BCUT2D eigenvalue weighted by atomic mass is 16.5. The number of nitrogens with two attached hydrogens (primary N) is 1. The lowest BCUT2D eigenvalue weighted by Crippen LogP contribution is -2.42. The topological polar surface area (TPSA) is 99.2 Å². The molecule has 0 aliphatic heterocycles. The van der Waals surface area contributed by atoms with Crippen LogP contribution in [0, 0.1) is 13.8 Å². The van der Waals surface area contributed by atoms with E-state index in [-0.39, 0.29) is 24.6 Å². The van der Waals surface area contributed by atoms with E-state index in [2.05, 4.69) is 10.4 Å². The van der Waals surface area contributed by atoms with Gasteiger partial charge in [0.2, 0.25) is 0 Å². The number of carbonyl (C=O) groups is 2. The van der Waals surface area contributed by atoms with E-state index in [1.807, 2.05) is 20.8 Å². The monoisotopic (exact) mass is 282 g/mol. The van der Waals surface area contributed by atoms with Crippen molar-refractivity contribution in [2.45, 2.75) is 46.7 Å². The van der Waals surface area contributed by atoms with E-state index in [0.717, 1.165) is 0 Å². The van der Waals surface area contributed by atoms with Crippen molar-refractivity contribution in [3.8, 4) is 0 Å². The summed E-state index contributed by atoms with van der Waals surface area (Å²) in [6.07, 6.45) is 0. The second kappa shape index (κ2) is 5.94. The number of ether oxygens (including phenoxy) is 1. The van der Waals surface area contributed by atoms with E-state index in [4.69, 9.17) is 10.5 Å². The van der Waals surface area contributed by atoms with Gasteiger partial charge in [-0.3, -0.25) is 14.3 Å². The Labute approximate surface area is 118 Å². The van der Waals surface area contributed by atoms with Gasteiger partial charge in [-0.1, -0.05) is 0 Å². The number of amides is 1. The third kappa shape index (κ3) is 4.56. The van der Waals surface area contributed by atoms with Crippen molar-refractivity contribution in [3.63, 3.8) is 0 Å². The zero-order chi connectivity index (χ0) is 15.5. The molecule has 1 heterocycles.